The molecular formula is C14H16N4O2. The molecule has 0 radical (unpaired) electrons. The number of hydrogen-bond donors (Lipinski definition) is 2. The molecule has 20 heavy (non-hydrogen) atoms. The summed E-state index contributed by atoms with van der Waals surface area (Å²) in [7, 11) is 1.74. The van der Waals surface area contributed by atoms with Gasteiger partial charge in [0, 0.05) is 37.6 Å². The maximum Gasteiger partial charge on any atom is 0.273 e. The number of aromatic nitrogens is 2. The van der Waals surface area contributed by atoms with Crippen LogP contribution in [0.25, 0.3) is 0 Å². The summed E-state index contributed by atoms with van der Waals surface area (Å²) in [5, 5.41) is 10.1. The molecule has 1 aliphatic rings. The second-order valence-electron chi connectivity index (χ2n) is 4.64. The van der Waals surface area contributed by atoms with Crippen LogP contribution in [0.4, 0.5) is 5.69 Å². The van der Waals surface area contributed by atoms with Crippen molar-refractivity contribution in [2.45, 2.75) is 6.54 Å². The van der Waals surface area contributed by atoms with E-state index in [1.165, 1.54) is 0 Å². The average molecular weight is 272 g/mol. The number of carbonyl (C=O) groups excluding carboxylic acids is 1. The lowest BCUT2D eigenvalue weighted by Gasteiger charge is -2.10. The number of benzene rings is 1. The summed E-state index contributed by atoms with van der Waals surface area (Å²) in [6, 6.07) is 7.35. The van der Waals surface area contributed by atoms with Crippen LogP contribution < -0.4 is 15.4 Å². The summed E-state index contributed by atoms with van der Waals surface area (Å²) in [4.78, 5) is 12.1. The highest BCUT2D eigenvalue weighted by atomic mass is 16.5. The lowest BCUT2D eigenvalue weighted by Crippen LogP contribution is -2.17. The van der Waals surface area contributed by atoms with Crippen molar-refractivity contribution in [1.29, 1.82) is 0 Å². The van der Waals surface area contributed by atoms with Gasteiger partial charge in [0.15, 0.2) is 0 Å². The fourth-order valence-electron chi connectivity index (χ4n) is 2.18. The van der Waals surface area contributed by atoms with Gasteiger partial charge in [0.05, 0.1) is 0 Å². The number of ether oxygens (including phenoxy) is 1. The SMILES string of the molecule is Cn1nccc1C(=O)Nc1ccc2c(c1)CNCCO2. The summed E-state index contributed by atoms with van der Waals surface area (Å²) in [5.74, 6) is 0.695. The predicted molar refractivity (Wildman–Crippen MR) is 74.8 cm³/mol. The summed E-state index contributed by atoms with van der Waals surface area (Å²) < 4.78 is 7.16. The molecule has 3 rings (SSSR count). The molecule has 0 unspecified atom stereocenters. The number of hydrogen-bond acceptors (Lipinski definition) is 4. The number of fused-ring (bicyclic) bond motifs is 1. The number of carbonyl (C=O) groups is 1. The first-order chi connectivity index (χ1) is 9.74. The van der Waals surface area contributed by atoms with Crippen LogP contribution in [0.1, 0.15) is 16.1 Å². The first kappa shape index (κ1) is 12.7. The minimum atomic E-state index is -0.174. The van der Waals surface area contributed by atoms with E-state index in [1.54, 1.807) is 24.0 Å². The molecule has 2 aromatic rings. The number of aryl methyl sites for hydroxylation is 1. The standard InChI is InChI=1S/C14H16N4O2/c1-18-12(4-5-16-18)14(19)17-11-2-3-13-10(8-11)9-15-6-7-20-13/h2-5,8,15H,6-7,9H2,1H3,(H,17,19). The zero-order valence-electron chi connectivity index (χ0n) is 11.2. The van der Waals surface area contributed by atoms with Gasteiger partial charge in [0.2, 0.25) is 0 Å². The predicted octanol–water partition coefficient (Wildman–Crippen LogP) is 1.15. The Hall–Kier alpha value is -2.34. The van der Waals surface area contributed by atoms with E-state index < -0.39 is 0 Å². The van der Waals surface area contributed by atoms with Crippen molar-refractivity contribution < 1.29 is 9.53 Å². The van der Waals surface area contributed by atoms with Gasteiger partial charge in [0.25, 0.3) is 5.91 Å². The van der Waals surface area contributed by atoms with Gasteiger partial charge >= 0.3 is 0 Å². The van der Waals surface area contributed by atoms with E-state index in [-0.39, 0.29) is 5.91 Å². The number of nitrogens with zero attached hydrogens (tertiary/aromatic N) is 2. The average Bonchev–Trinajstić information content (AvgIpc) is 2.73. The van der Waals surface area contributed by atoms with E-state index in [4.69, 9.17) is 4.74 Å². The van der Waals surface area contributed by atoms with Gasteiger partial charge in [-0.1, -0.05) is 0 Å². The molecule has 0 atom stereocenters. The van der Waals surface area contributed by atoms with Crippen molar-refractivity contribution in [3.63, 3.8) is 0 Å². The van der Waals surface area contributed by atoms with Gasteiger partial charge in [0.1, 0.15) is 18.1 Å². The maximum absolute atomic E-state index is 12.1. The molecule has 6 nitrogen and oxygen atoms in total. The largest absolute Gasteiger partial charge is 0.492 e. The van der Waals surface area contributed by atoms with Crippen LogP contribution in [-0.4, -0.2) is 28.8 Å². The second-order valence-corrected chi connectivity index (χ2v) is 4.64. The Bertz CT molecular complexity index is 636. The van der Waals surface area contributed by atoms with E-state index in [1.807, 2.05) is 18.2 Å². The minimum Gasteiger partial charge on any atom is -0.492 e. The fraction of sp³-hybridized carbons (Fsp3) is 0.286. The van der Waals surface area contributed by atoms with Crippen molar-refractivity contribution in [3.8, 4) is 5.75 Å². The summed E-state index contributed by atoms with van der Waals surface area (Å²) in [6.45, 7) is 2.23. The highest BCUT2D eigenvalue weighted by molar-refractivity contribution is 6.03. The Kier molecular flexibility index (Phi) is 3.39. The first-order valence-corrected chi connectivity index (χ1v) is 6.50. The van der Waals surface area contributed by atoms with Gasteiger partial charge in [-0.15, -0.1) is 0 Å². The molecule has 0 saturated heterocycles. The molecule has 0 fully saturated rings. The van der Waals surface area contributed by atoms with Gasteiger partial charge < -0.3 is 15.4 Å². The summed E-state index contributed by atoms with van der Waals surface area (Å²) >= 11 is 0. The second kappa shape index (κ2) is 5.34. The lowest BCUT2D eigenvalue weighted by atomic mass is 10.1. The Balaban J connectivity index is 1.80. The molecule has 0 aliphatic carbocycles. The van der Waals surface area contributed by atoms with Crippen LogP contribution in [0.5, 0.6) is 5.75 Å². The van der Waals surface area contributed by atoms with E-state index in [0.29, 0.717) is 12.3 Å². The Morgan fingerprint density at radius 3 is 3.15 bits per heavy atom. The summed E-state index contributed by atoms with van der Waals surface area (Å²) in [5.41, 5.74) is 2.32. The monoisotopic (exact) mass is 272 g/mol. The normalized spacial score (nSPS) is 14.1. The molecule has 2 N–H and O–H groups in total. The third kappa shape index (κ3) is 2.50. The molecule has 0 spiro atoms. The van der Waals surface area contributed by atoms with Gasteiger partial charge in [-0.2, -0.15) is 5.10 Å². The lowest BCUT2D eigenvalue weighted by molar-refractivity contribution is 0.101. The Morgan fingerprint density at radius 2 is 2.35 bits per heavy atom. The fourth-order valence-corrected chi connectivity index (χ4v) is 2.18. The zero-order chi connectivity index (χ0) is 13.9. The quantitative estimate of drug-likeness (QED) is 0.860. The Labute approximate surface area is 116 Å². The molecular weight excluding hydrogens is 256 g/mol. The van der Waals surface area contributed by atoms with Crippen LogP contribution >= 0.6 is 0 Å². The number of amides is 1. The molecule has 1 aromatic heterocycles. The first-order valence-electron chi connectivity index (χ1n) is 6.50. The molecule has 1 amide bonds. The van der Waals surface area contributed by atoms with Gasteiger partial charge in [-0.3, -0.25) is 9.48 Å². The van der Waals surface area contributed by atoms with Crippen LogP contribution in [0.2, 0.25) is 0 Å². The molecule has 1 aromatic carbocycles. The Morgan fingerprint density at radius 1 is 1.45 bits per heavy atom. The number of rotatable bonds is 2. The maximum atomic E-state index is 12.1. The topological polar surface area (TPSA) is 68.2 Å². The highest BCUT2D eigenvalue weighted by Gasteiger charge is 2.13. The van der Waals surface area contributed by atoms with E-state index in [0.717, 1.165) is 30.1 Å². The molecule has 1 aliphatic heterocycles. The number of anilines is 1. The third-order valence-electron chi connectivity index (χ3n) is 3.22. The van der Waals surface area contributed by atoms with E-state index in [2.05, 4.69) is 15.7 Å². The van der Waals surface area contributed by atoms with Crippen LogP contribution in [0.15, 0.2) is 30.5 Å². The van der Waals surface area contributed by atoms with Crippen molar-refractivity contribution in [1.82, 2.24) is 15.1 Å². The third-order valence-corrected chi connectivity index (χ3v) is 3.22. The highest BCUT2D eigenvalue weighted by Crippen LogP contribution is 2.24. The van der Waals surface area contributed by atoms with Crippen LogP contribution in [0, 0.1) is 0 Å². The van der Waals surface area contributed by atoms with Crippen LogP contribution in [0.3, 0.4) is 0 Å². The molecule has 2 heterocycles. The van der Waals surface area contributed by atoms with Crippen molar-refractivity contribution in [2.75, 3.05) is 18.5 Å². The van der Waals surface area contributed by atoms with Gasteiger partial charge in [-0.05, 0) is 24.3 Å². The summed E-state index contributed by atoms with van der Waals surface area (Å²) in [6.07, 6.45) is 1.60. The van der Waals surface area contributed by atoms with E-state index >= 15 is 0 Å². The van der Waals surface area contributed by atoms with Crippen LogP contribution in [-0.2, 0) is 13.6 Å². The smallest absolute Gasteiger partial charge is 0.273 e. The number of nitrogens with one attached hydrogen (secondary N) is 2. The molecule has 6 heteroatoms. The van der Waals surface area contributed by atoms with Gasteiger partial charge in [-0.25, -0.2) is 0 Å². The van der Waals surface area contributed by atoms with Crippen molar-refractivity contribution >= 4 is 11.6 Å². The van der Waals surface area contributed by atoms with Crippen molar-refractivity contribution in [3.05, 3.63) is 41.7 Å². The molecule has 0 bridgehead atoms. The van der Waals surface area contributed by atoms with E-state index in [9.17, 15) is 4.79 Å². The minimum absolute atomic E-state index is 0.174. The molecule has 0 saturated carbocycles. The van der Waals surface area contributed by atoms with Crippen molar-refractivity contribution in [2.24, 2.45) is 7.05 Å². The molecule has 104 valence electrons. The zero-order valence-corrected chi connectivity index (χ0v) is 11.2.